The Bertz CT molecular complexity index is 809. The fraction of sp³-hybridized carbons (Fsp3) is 0.444. The Morgan fingerprint density at radius 3 is 2.81 bits per heavy atom. The van der Waals surface area contributed by atoms with E-state index in [-0.39, 0.29) is 18.2 Å². The fourth-order valence-electron chi connectivity index (χ4n) is 2.67. The van der Waals surface area contributed by atoms with Crippen molar-refractivity contribution in [3.63, 3.8) is 0 Å². The van der Waals surface area contributed by atoms with E-state index in [1.54, 1.807) is 35.9 Å². The molecule has 0 bridgehead atoms. The van der Waals surface area contributed by atoms with Crippen molar-refractivity contribution < 1.29 is 14.3 Å². The smallest absolute Gasteiger partial charge is 0.231 e. The van der Waals surface area contributed by atoms with Gasteiger partial charge < -0.3 is 15.0 Å². The molecule has 1 N–H and O–H groups in total. The monoisotopic (exact) mass is 406 g/mol. The topological polar surface area (TPSA) is 84.4 Å². The maximum Gasteiger partial charge on any atom is 0.231 e. The summed E-state index contributed by atoms with van der Waals surface area (Å²) in [5.74, 6) is 0.0531. The molecule has 2 aromatic rings. The van der Waals surface area contributed by atoms with Gasteiger partial charge in [0, 0.05) is 23.9 Å². The van der Waals surface area contributed by atoms with Crippen molar-refractivity contribution in [2.45, 2.75) is 36.3 Å². The molecule has 2 amide bonds. The third-order valence-corrected chi connectivity index (χ3v) is 6.58. The molecule has 27 heavy (non-hydrogen) atoms. The van der Waals surface area contributed by atoms with E-state index in [0.717, 1.165) is 22.2 Å². The molecule has 0 radical (unpaired) electrons. The maximum absolute atomic E-state index is 12.5. The first-order chi connectivity index (χ1) is 13.0. The van der Waals surface area contributed by atoms with Crippen LogP contribution in [-0.4, -0.2) is 40.9 Å². The van der Waals surface area contributed by atoms with Crippen molar-refractivity contribution >= 4 is 45.7 Å². The van der Waals surface area contributed by atoms with Crippen LogP contribution in [0.2, 0.25) is 0 Å². The lowest BCUT2D eigenvalue weighted by Crippen LogP contribution is -2.28. The molecule has 1 fully saturated rings. The molecular weight excluding hydrogens is 384 g/mol. The number of anilines is 2. The number of hydrogen-bond acceptors (Lipinski definition) is 7. The van der Waals surface area contributed by atoms with E-state index >= 15 is 0 Å². The minimum atomic E-state index is -0.408. The lowest BCUT2D eigenvalue weighted by molar-refractivity contribution is -0.122. The Labute approximate surface area is 166 Å². The van der Waals surface area contributed by atoms with E-state index in [4.69, 9.17) is 4.74 Å². The number of nitrogens with zero attached hydrogens (tertiary/aromatic N) is 3. The summed E-state index contributed by atoms with van der Waals surface area (Å²) >= 11 is 3.01. The lowest BCUT2D eigenvalue weighted by atomic mass is 10.1. The van der Waals surface area contributed by atoms with E-state index in [1.165, 1.54) is 11.3 Å². The second-order valence-corrected chi connectivity index (χ2v) is 8.97. The third kappa shape index (κ3) is 4.78. The average molecular weight is 407 g/mol. The number of hydrogen-bond donors (Lipinski definition) is 1. The number of thioether (sulfide) groups is 1. The van der Waals surface area contributed by atoms with Gasteiger partial charge in [0.05, 0.1) is 13.0 Å². The van der Waals surface area contributed by atoms with E-state index in [2.05, 4.69) is 29.4 Å². The normalized spacial score (nSPS) is 17.8. The summed E-state index contributed by atoms with van der Waals surface area (Å²) in [5, 5.41) is 11.9. The molecule has 7 nitrogen and oxygen atoms in total. The molecule has 144 valence electrons. The molecule has 2 unspecified atom stereocenters. The van der Waals surface area contributed by atoms with E-state index < -0.39 is 5.92 Å². The summed E-state index contributed by atoms with van der Waals surface area (Å²) < 4.78 is 5.97. The van der Waals surface area contributed by atoms with Crippen molar-refractivity contribution in [2.24, 2.45) is 5.92 Å². The second kappa shape index (κ2) is 8.71. The van der Waals surface area contributed by atoms with Crippen LogP contribution in [-0.2, 0) is 9.59 Å². The van der Waals surface area contributed by atoms with Crippen LogP contribution in [0.1, 0.15) is 26.7 Å². The maximum atomic E-state index is 12.5. The van der Waals surface area contributed by atoms with Crippen LogP contribution in [0.4, 0.5) is 10.8 Å². The van der Waals surface area contributed by atoms with Crippen molar-refractivity contribution in [1.82, 2.24) is 10.2 Å². The quantitative estimate of drug-likeness (QED) is 0.560. The summed E-state index contributed by atoms with van der Waals surface area (Å²) in [6.07, 6.45) is 1.22. The van der Waals surface area contributed by atoms with Crippen LogP contribution in [0.15, 0.2) is 28.6 Å². The zero-order chi connectivity index (χ0) is 19.4. The molecular formula is C18H22N4O3S2. The first-order valence-electron chi connectivity index (χ1n) is 8.75. The van der Waals surface area contributed by atoms with E-state index in [9.17, 15) is 9.59 Å². The van der Waals surface area contributed by atoms with Gasteiger partial charge in [-0.2, -0.15) is 0 Å². The van der Waals surface area contributed by atoms with Crippen LogP contribution < -0.4 is 15.0 Å². The number of benzene rings is 1. The number of methoxy groups -OCH3 is 1. The van der Waals surface area contributed by atoms with Crippen LogP contribution in [0.5, 0.6) is 5.75 Å². The molecule has 1 aromatic carbocycles. The number of carbonyl (C=O) groups is 2. The van der Waals surface area contributed by atoms with Crippen molar-refractivity contribution in [2.75, 3.05) is 23.9 Å². The Hall–Kier alpha value is -2.13. The molecule has 9 heteroatoms. The van der Waals surface area contributed by atoms with Gasteiger partial charge in [0.15, 0.2) is 4.34 Å². The predicted octanol–water partition coefficient (Wildman–Crippen LogP) is 3.43. The van der Waals surface area contributed by atoms with Crippen LogP contribution >= 0.6 is 23.1 Å². The van der Waals surface area contributed by atoms with Gasteiger partial charge in [-0.05, 0) is 30.7 Å². The molecule has 1 saturated heterocycles. The number of carbonyl (C=O) groups excluding carboxylic acids is 2. The first-order valence-corrected chi connectivity index (χ1v) is 10.4. The standard InChI is InChI=1S/C18H22N4O3S2/c1-4-11(2)26-18-21-20-17(27-18)19-16(24)12-9-15(23)22(10-12)13-5-7-14(25-3)8-6-13/h5-8,11-12H,4,9-10H2,1-3H3,(H,19,20,24). The SMILES string of the molecule is CCC(C)Sc1nnc(NC(=O)C2CC(=O)N(c3ccc(OC)cc3)C2)s1. The summed E-state index contributed by atoms with van der Waals surface area (Å²) in [7, 11) is 1.59. The fourth-order valence-corrected chi connectivity index (χ4v) is 4.67. The molecule has 2 heterocycles. The minimum Gasteiger partial charge on any atom is -0.497 e. The highest BCUT2D eigenvalue weighted by molar-refractivity contribution is 8.01. The van der Waals surface area contributed by atoms with Crippen molar-refractivity contribution in [1.29, 1.82) is 0 Å². The van der Waals surface area contributed by atoms with Crippen molar-refractivity contribution in [3.8, 4) is 5.75 Å². The number of amides is 2. The van der Waals surface area contributed by atoms with Gasteiger partial charge in [0.2, 0.25) is 16.9 Å². The van der Waals surface area contributed by atoms with Gasteiger partial charge in [-0.25, -0.2) is 0 Å². The largest absolute Gasteiger partial charge is 0.497 e. The highest BCUT2D eigenvalue weighted by atomic mass is 32.2. The van der Waals surface area contributed by atoms with Gasteiger partial charge in [-0.1, -0.05) is 36.9 Å². The molecule has 0 saturated carbocycles. The van der Waals surface area contributed by atoms with Gasteiger partial charge in [-0.15, -0.1) is 10.2 Å². The Balaban J connectivity index is 1.60. The highest BCUT2D eigenvalue weighted by Gasteiger charge is 2.35. The second-order valence-electron chi connectivity index (χ2n) is 6.30. The molecule has 3 rings (SSSR count). The van der Waals surface area contributed by atoms with Gasteiger partial charge in [0.1, 0.15) is 5.75 Å². The third-order valence-electron chi connectivity index (χ3n) is 4.39. The number of aromatic nitrogens is 2. The number of rotatable bonds is 7. The molecule has 0 aliphatic carbocycles. The lowest BCUT2D eigenvalue weighted by Gasteiger charge is -2.16. The molecule has 1 aliphatic rings. The summed E-state index contributed by atoms with van der Waals surface area (Å²) in [5.41, 5.74) is 0.763. The zero-order valence-electron chi connectivity index (χ0n) is 15.5. The van der Waals surface area contributed by atoms with Crippen LogP contribution in [0, 0.1) is 5.92 Å². The predicted molar refractivity (Wildman–Crippen MR) is 108 cm³/mol. The molecule has 1 aromatic heterocycles. The van der Waals surface area contributed by atoms with Crippen molar-refractivity contribution in [3.05, 3.63) is 24.3 Å². The zero-order valence-corrected chi connectivity index (χ0v) is 17.1. The van der Waals surface area contributed by atoms with E-state index in [1.807, 2.05) is 12.1 Å². The summed E-state index contributed by atoms with van der Waals surface area (Å²) in [6.45, 7) is 4.60. The van der Waals surface area contributed by atoms with E-state index in [0.29, 0.717) is 16.9 Å². The molecule has 1 aliphatic heterocycles. The average Bonchev–Trinajstić information content (AvgIpc) is 3.28. The van der Waals surface area contributed by atoms with Crippen LogP contribution in [0.25, 0.3) is 0 Å². The van der Waals surface area contributed by atoms with Crippen LogP contribution in [0.3, 0.4) is 0 Å². The van der Waals surface area contributed by atoms with Gasteiger partial charge >= 0.3 is 0 Å². The Morgan fingerprint density at radius 2 is 2.15 bits per heavy atom. The summed E-state index contributed by atoms with van der Waals surface area (Å²) in [6, 6.07) is 7.24. The molecule has 0 spiro atoms. The Morgan fingerprint density at radius 1 is 1.41 bits per heavy atom. The Kier molecular flexibility index (Phi) is 6.33. The summed E-state index contributed by atoms with van der Waals surface area (Å²) in [4.78, 5) is 26.5. The number of nitrogens with one attached hydrogen (secondary N) is 1. The minimum absolute atomic E-state index is 0.0643. The number of ether oxygens (including phenoxy) is 1. The van der Waals surface area contributed by atoms with Gasteiger partial charge in [0.25, 0.3) is 0 Å². The highest BCUT2D eigenvalue weighted by Crippen LogP contribution is 2.31. The van der Waals surface area contributed by atoms with Gasteiger partial charge in [-0.3, -0.25) is 9.59 Å². The first kappa shape index (κ1) is 19.6. The molecule has 2 atom stereocenters.